The second-order valence-electron chi connectivity index (χ2n) is 5.38. The lowest BCUT2D eigenvalue weighted by atomic mass is 10.2. The second-order valence-corrected chi connectivity index (χ2v) is 7.45. The van der Waals surface area contributed by atoms with Crippen LogP contribution in [-0.2, 0) is 10.0 Å². The van der Waals surface area contributed by atoms with Crippen LogP contribution in [0.4, 0.5) is 0 Å². The molecule has 6 nitrogen and oxygen atoms in total. The van der Waals surface area contributed by atoms with Gasteiger partial charge in [0.05, 0.1) is 19.4 Å². The minimum Gasteiger partial charge on any atom is -0.495 e. The van der Waals surface area contributed by atoms with Crippen LogP contribution in [0.1, 0.15) is 19.4 Å². The van der Waals surface area contributed by atoms with Gasteiger partial charge in [-0.1, -0.05) is 11.6 Å². The Morgan fingerprint density at radius 2 is 1.84 bits per heavy atom. The van der Waals surface area contributed by atoms with Crippen LogP contribution >= 0.6 is 11.6 Å². The molecule has 0 saturated heterocycles. The molecular weight excluding hydrogens is 364 g/mol. The van der Waals surface area contributed by atoms with E-state index in [1.54, 1.807) is 30.3 Å². The summed E-state index contributed by atoms with van der Waals surface area (Å²) in [6.07, 6.45) is 1.48. The highest BCUT2D eigenvalue weighted by Gasteiger charge is 2.19. The van der Waals surface area contributed by atoms with E-state index in [9.17, 15) is 8.42 Å². The summed E-state index contributed by atoms with van der Waals surface area (Å²) in [6, 6.07) is 11.4. The molecule has 0 bridgehead atoms. The van der Waals surface area contributed by atoms with Crippen LogP contribution in [0.2, 0.25) is 5.02 Å². The third-order valence-corrected chi connectivity index (χ3v) is 4.53. The summed E-state index contributed by atoms with van der Waals surface area (Å²) in [6.45, 7) is 3.88. The Labute approximate surface area is 152 Å². The van der Waals surface area contributed by atoms with E-state index in [4.69, 9.17) is 21.1 Å². The largest absolute Gasteiger partial charge is 0.495 e. The highest BCUT2D eigenvalue weighted by atomic mass is 35.5. The summed E-state index contributed by atoms with van der Waals surface area (Å²) in [5.74, 6) is 0.915. The molecule has 2 rings (SSSR count). The van der Waals surface area contributed by atoms with Gasteiger partial charge >= 0.3 is 0 Å². The molecule has 0 heterocycles. The molecule has 1 N–H and O–H groups in total. The molecule has 0 spiro atoms. The van der Waals surface area contributed by atoms with E-state index in [0.717, 1.165) is 11.3 Å². The molecule has 0 unspecified atom stereocenters. The van der Waals surface area contributed by atoms with Crippen LogP contribution in [0.3, 0.4) is 0 Å². The zero-order valence-corrected chi connectivity index (χ0v) is 15.6. The van der Waals surface area contributed by atoms with Crippen molar-refractivity contribution in [1.82, 2.24) is 4.83 Å². The Kier molecular flexibility index (Phi) is 6.27. The summed E-state index contributed by atoms with van der Waals surface area (Å²) in [5, 5.41) is 4.07. The average Bonchev–Trinajstić information content (AvgIpc) is 2.56. The number of ether oxygens (including phenoxy) is 2. The Balaban J connectivity index is 2.11. The first-order valence-electron chi connectivity index (χ1n) is 7.47. The van der Waals surface area contributed by atoms with Crippen molar-refractivity contribution in [2.24, 2.45) is 5.10 Å². The fraction of sp³-hybridized carbons (Fsp3) is 0.235. The van der Waals surface area contributed by atoms with Gasteiger partial charge in [-0.05, 0) is 61.9 Å². The van der Waals surface area contributed by atoms with E-state index in [1.165, 1.54) is 25.5 Å². The summed E-state index contributed by atoms with van der Waals surface area (Å²) in [7, 11) is -2.52. The second kappa shape index (κ2) is 8.22. The first-order valence-corrected chi connectivity index (χ1v) is 9.33. The Hall–Kier alpha value is -2.25. The number of sulfonamides is 1. The van der Waals surface area contributed by atoms with E-state index in [-0.39, 0.29) is 21.8 Å². The molecule has 0 fully saturated rings. The maximum atomic E-state index is 12.3. The zero-order valence-electron chi connectivity index (χ0n) is 14.1. The average molecular weight is 383 g/mol. The molecular formula is C17H19ClN2O4S. The van der Waals surface area contributed by atoms with Crippen molar-refractivity contribution in [3.63, 3.8) is 0 Å². The van der Waals surface area contributed by atoms with Crippen molar-refractivity contribution < 1.29 is 17.9 Å². The van der Waals surface area contributed by atoms with E-state index < -0.39 is 10.0 Å². The zero-order chi connectivity index (χ0) is 18.4. The minimum atomic E-state index is -3.90. The van der Waals surface area contributed by atoms with Gasteiger partial charge < -0.3 is 9.47 Å². The molecule has 0 aromatic heterocycles. The maximum Gasteiger partial charge on any atom is 0.280 e. The van der Waals surface area contributed by atoms with Gasteiger partial charge in [0.25, 0.3) is 10.0 Å². The molecule has 0 radical (unpaired) electrons. The quantitative estimate of drug-likeness (QED) is 0.587. The highest BCUT2D eigenvalue weighted by molar-refractivity contribution is 7.89. The predicted octanol–water partition coefficient (Wildman–Crippen LogP) is 3.45. The molecule has 0 aliphatic carbocycles. The van der Waals surface area contributed by atoms with E-state index in [2.05, 4.69) is 9.93 Å². The van der Waals surface area contributed by atoms with Crippen LogP contribution < -0.4 is 14.3 Å². The molecule has 2 aromatic rings. The summed E-state index contributed by atoms with van der Waals surface area (Å²) >= 11 is 5.86. The predicted molar refractivity (Wildman–Crippen MR) is 98.1 cm³/mol. The lowest BCUT2D eigenvalue weighted by Crippen LogP contribution is -2.19. The Bertz CT molecular complexity index is 849. The number of benzene rings is 2. The van der Waals surface area contributed by atoms with Crippen molar-refractivity contribution in [3.8, 4) is 11.5 Å². The number of nitrogens with one attached hydrogen (secondary N) is 1. The molecule has 0 saturated carbocycles. The van der Waals surface area contributed by atoms with Crippen LogP contribution in [0.25, 0.3) is 0 Å². The third-order valence-electron chi connectivity index (χ3n) is 3.05. The highest BCUT2D eigenvalue weighted by Crippen LogP contribution is 2.26. The molecule has 8 heteroatoms. The van der Waals surface area contributed by atoms with E-state index in [0.29, 0.717) is 0 Å². The fourth-order valence-corrected chi connectivity index (χ4v) is 3.21. The molecule has 0 aliphatic rings. The van der Waals surface area contributed by atoms with Crippen LogP contribution in [0.5, 0.6) is 11.5 Å². The van der Waals surface area contributed by atoms with Crippen molar-refractivity contribution in [2.75, 3.05) is 7.11 Å². The third kappa shape index (κ3) is 5.37. The molecule has 0 aliphatic heterocycles. The van der Waals surface area contributed by atoms with Gasteiger partial charge in [-0.3, -0.25) is 0 Å². The summed E-state index contributed by atoms with van der Waals surface area (Å²) < 4.78 is 35.3. The monoisotopic (exact) mass is 382 g/mol. The summed E-state index contributed by atoms with van der Waals surface area (Å²) in [5.41, 5.74) is 0.719. The van der Waals surface area contributed by atoms with Crippen molar-refractivity contribution in [3.05, 3.63) is 53.1 Å². The van der Waals surface area contributed by atoms with Gasteiger partial charge in [0.2, 0.25) is 0 Å². The lowest BCUT2D eigenvalue weighted by Gasteiger charge is -2.09. The Morgan fingerprint density at radius 3 is 2.44 bits per heavy atom. The first kappa shape index (κ1) is 19.1. The topological polar surface area (TPSA) is 77.0 Å². The number of hydrogen-bond donors (Lipinski definition) is 1. The van der Waals surface area contributed by atoms with Gasteiger partial charge in [-0.2, -0.15) is 18.4 Å². The van der Waals surface area contributed by atoms with E-state index in [1.807, 2.05) is 13.8 Å². The van der Waals surface area contributed by atoms with Gasteiger partial charge in [-0.25, -0.2) is 0 Å². The maximum absolute atomic E-state index is 12.3. The number of rotatable bonds is 7. The lowest BCUT2D eigenvalue weighted by molar-refractivity contribution is 0.242. The number of methoxy groups -OCH3 is 1. The summed E-state index contributed by atoms with van der Waals surface area (Å²) in [4.78, 5) is 2.06. The fourth-order valence-electron chi connectivity index (χ4n) is 1.98. The standard InChI is InChI=1S/C17H19ClN2O4S/c1-12(2)24-15-7-4-13(5-8-15)11-19-20-25(21,22)17-10-14(18)6-9-16(17)23-3/h4-12,20H,1-3H3/b19-11+. The van der Waals surface area contributed by atoms with Gasteiger partial charge in [0.1, 0.15) is 16.4 Å². The smallest absolute Gasteiger partial charge is 0.280 e. The molecule has 2 aromatic carbocycles. The van der Waals surface area contributed by atoms with Gasteiger partial charge in [0, 0.05) is 5.02 Å². The SMILES string of the molecule is COc1ccc(Cl)cc1S(=O)(=O)N/N=C/c1ccc(OC(C)C)cc1. The normalized spacial score (nSPS) is 11.7. The van der Waals surface area contributed by atoms with Crippen LogP contribution in [-0.4, -0.2) is 27.8 Å². The van der Waals surface area contributed by atoms with Crippen LogP contribution in [0, 0.1) is 0 Å². The van der Waals surface area contributed by atoms with E-state index >= 15 is 0 Å². The Morgan fingerprint density at radius 1 is 1.16 bits per heavy atom. The molecule has 25 heavy (non-hydrogen) atoms. The molecule has 134 valence electrons. The van der Waals surface area contributed by atoms with Crippen molar-refractivity contribution in [2.45, 2.75) is 24.8 Å². The number of hydrogen-bond acceptors (Lipinski definition) is 5. The number of nitrogens with zero attached hydrogens (tertiary/aromatic N) is 1. The molecule has 0 atom stereocenters. The molecule has 0 amide bonds. The first-order chi connectivity index (χ1) is 11.8. The van der Waals surface area contributed by atoms with Crippen molar-refractivity contribution >= 4 is 27.8 Å². The number of halogens is 1. The number of hydrazone groups is 1. The van der Waals surface area contributed by atoms with Crippen LogP contribution in [0.15, 0.2) is 52.5 Å². The van der Waals surface area contributed by atoms with Gasteiger partial charge in [0.15, 0.2) is 0 Å². The minimum absolute atomic E-state index is 0.0824. The van der Waals surface area contributed by atoms with Gasteiger partial charge in [-0.15, -0.1) is 0 Å². The van der Waals surface area contributed by atoms with Crippen molar-refractivity contribution in [1.29, 1.82) is 0 Å².